The molecule has 0 unspecified atom stereocenters. The van der Waals surface area contributed by atoms with E-state index >= 15 is 0 Å². The third-order valence-electron chi connectivity index (χ3n) is 2.68. The number of aliphatic carboxylic acids is 1. The molecule has 0 aliphatic rings. The smallest absolute Gasteiger partial charge is 0.325 e. The Bertz CT molecular complexity index is 568. The van der Waals surface area contributed by atoms with Gasteiger partial charge in [0.1, 0.15) is 11.4 Å². The van der Waals surface area contributed by atoms with Crippen LogP contribution in [0.15, 0.2) is 17.3 Å². The van der Waals surface area contributed by atoms with Gasteiger partial charge < -0.3 is 5.11 Å². The van der Waals surface area contributed by atoms with Gasteiger partial charge in [-0.15, -0.1) is 0 Å². The average Bonchev–Trinajstić information content (AvgIpc) is 2.75. The number of hydrogen-bond acceptors (Lipinski definition) is 4. The fourth-order valence-electron chi connectivity index (χ4n) is 1.94. The second-order valence-electron chi connectivity index (χ2n) is 5.88. The molecule has 21 heavy (non-hydrogen) atoms. The first-order valence-electron chi connectivity index (χ1n) is 6.87. The summed E-state index contributed by atoms with van der Waals surface area (Å²) in [7, 11) is -3.65. The van der Waals surface area contributed by atoms with Crippen LogP contribution in [-0.4, -0.2) is 46.7 Å². The highest BCUT2D eigenvalue weighted by Crippen LogP contribution is 2.18. The molecule has 120 valence electrons. The maximum absolute atomic E-state index is 12.6. The van der Waals surface area contributed by atoms with Gasteiger partial charge in [0, 0.05) is 19.3 Å². The van der Waals surface area contributed by atoms with Crippen molar-refractivity contribution in [1.82, 2.24) is 14.1 Å². The molecule has 1 aromatic heterocycles. The lowest BCUT2D eigenvalue weighted by Crippen LogP contribution is -2.36. The number of aromatic nitrogens is 2. The summed E-state index contributed by atoms with van der Waals surface area (Å²) in [5.74, 6) is -0.663. The maximum Gasteiger partial charge on any atom is 0.325 e. The Hall–Kier alpha value is -1.41. The zero-order valence-electron chi connectivity index (χ0n) is 12.9. The quantitative estimate of drug-likeness (QED) is 0.779. The molecule has 0 saturated heterocycles. The number of carbonyl (C=O) groups is 1. The molecular weight excluding hydrogens is 294 g/mol. The van der Waals surface area contributed by atoms with Gasteiger partial charge in [-0.1, -0.05) is 27.7 Å². The van der Waals surface area contributed by atoms with E-state index < -0.39 is 16.0 Å². The van der Waals surface area contributed by atoms with Gasteiger partial charge in [0.15, 0.2) is 0 Å². The summed E-state index contributed by atoms with van der Waals surface area (Å²) in [6, 6.07) is 0. The topological polar surface area (TPSA) is 92.5 Å². The first kappa shape index (κ1) is 17.6. The standard InChI is InChI=1S/C13H23N3O4S/c1-10(2)6-16(7-11(3)4)21(19,20)12-5-14-15(8-12)9-13(17)18/h5,8,10-11H,6-7,9H2,1-4H3,(H,17,18). The molecule has 0 aliphatic carbocycles. The number of hydrogen-bond donors (Lipinski definition) is 1. The molecule has 0 fully saturated rings. The van der Waals surface area contributed by atoms with Crippen molar-refractivity contribution in [2.24, 2.45) is 11.8 Å². The van der Waals surface area contributed by atoms with Crippen LogP contribution in [0, 0.1) is 11.8 Å². The lowest BCUT2D eigenvalue weighted by atomic mass is 10.2. The molecule has 0 atom stereocenters. The molecule has 0 bridgehead atoms. The van der Waals surface area contributed by atoms with Crippen LogP contribution in [0.5, 0.6) is 0 Å². The fourth-order valence-corrected chi connectivity index (χ4v) is 3.66. The number of carboxylic acid groups (broad SMARTS) is 1. The normalized spacial score (nSPS) is 12.5. The molecular formula is C13H23N3O4S. The Labute approximate surface area is 125 Å². The minimum Gasteiger partial charge on any atom is -0.480 e. The summed E-state index contributed by atoms with van der Waals surface area (Å²) in [5, 5.41) is 12.5. The minimum atomic E-state index is -3.65. The highest BCUT2D eigenvalue weighted by molar-refractivity contribution is 7.89. The van der Waals surface area contributed by atoms with Crippen molar-refractivity contribution in [1.29, 1.82) is 0 Å². The summed E-state index contributed by atoms with van der Waals surface area (Å²) in [4.78, 5) is 10.7. The summed E-state index contributed by atoms with van der Waals surface area (Å²) in [5.41, 5.74) is 0. The summed E-state index contributed by atoms with van der Waals surface area (Å²) < 4.78 is 27.8. The lowest BCUT2D eigenvalue weighted by Gasteiger charge is -2.24. The lowest BCUT2D eigenvalue weighted by molar-refractivity contribution is -0.137. The van der Waals surface area contributed by atoms with Gasteiger partial charge in [-0.3, -0.25) is 9.48 Å². The van der Waals surface area contributed by atoms with E-state index in [0.29, 0.717) is 13.1 Å². The summed E-state index contributed by atoms with van der Waals surface area (Å²) in [6.07, 6.45) is 2.46. The molecule has 8 heteroatoms. The van der Waals surface area contributed by atoms with Crippen LogP contribution in [0.25, 0.3) is 0 Å². The third-order valence-corrected chi connectivity index (χ3v) is 4.47. The van der Waals surface area contributed by atoms with E-state index in [9.17, 15) is 13.2 Å². The molecule has 1 rings (SSSR count). The second-order valence-corrected chi connectivity index (χ2v) is 7.82. The van der Waals surface area contributed by atoms with Crippen LogP contribution in [0.1, 0.15) is 27.7 Å². The summed E-state index contributed by atoms with van der Waals surface area (Å²) in [6.45, 7) is 8.31. The first-order chi connectivity index (χ1) is 9.62. The molecule has 0 aromatic carbocycles. The minimum absolute atomic E-state index is 0.0325. The van der Waals surface area contributed by atoms with Crippen LogP contribution in [0.4, 0.5) is 0 Å². The predicted molar refractivity (Wildman–Crippen MR) is 78.3 cm³/mol. The zero-order valence-corrected chi connectivity index (χ0v) is 13.7. The largest absolute Gasteiger partial charge is 0.480 e. The van der Waals surface area contributed by atoms with E-state index in [0.717, 1.165) is 4.68 Å². The van der Waals surface area contributed by atoms with Gasteiger partial charge in [0.25, 0.3) is 0 Å². The van der Waals surface area contributed by atoms with Crippen molar-refractivity contribution in [3.63, 3.8) is 0 Å². The molecule has 0 spiro atoms. The van der Waals surface area contributed by atoms with Crippen LogP contribution in [-0.2, 0) is 21.4 Å². The average molecular weight is 317 g/mol. The molecule has 0 radical (unpaired) electrons. The number of carboxylic acids is 1. The van der Waals surface area contributed by atoms with Crippen molar-refractivity contribution < 1.29 is 18.3 Å². The molecule has 1 heterocycles. The Kier molecular flexibility index (Phi) is 5.91. The van der Waals surface area contributed by atoms with Crippen molar-refractivity contribution in [2.45, 2.75) is 39.1 Å². The second kappa shape index (κ2) is 7.04. The monoisotopic (exact) mass is 317 g/mol. The van der Waals surface area contributed by atoms with Crippen molar-refractivity contribution >= 4 is 16.0 Å². The van der Waals surface area contributed by atoms with Gasteiger partial charge >= 0.3 is 5.97 Å². The van der Waals surface area contributed by atoms with Crippen LogP contribution in [0.3, 0.4) is 0 Å². The molecule has 1 N–H and O–H groups in total. The number of rotatable bonds is 8. The summed E-state index contributed by atoms with van der Waals surface area (Å²) >= 11 is 0. The van der Waals surface area contributed by atoms with E-state index in [1.54, 1.807) is 0 Å². The Morgan fingerprint density at radius 1 is 1.29 bits per heavy atom. The van der Waals surface area contributed by atoms with Gasteiger partial charge in [-0.25, -0.2) is 8.42 Å². The van der Waals surface area contributed by atoms with Crippen molar-refractivity contribution in [2.75, 3.05) is 13.1 Å². The molecule has 1 aromatic rings. The molecule has 0 amide bonds. The van der Waals surface area contributed by atoms with Crippen molar-refractivity contribution in [3.05, 3.63) is 12.4 Å². The number of sulfonamides is 1. The van der Waals surface area contributed by atoms with Crippen molar-refractivity contribution in [3.8, 4) is 0 Å². The number of nitrogens with zero attached hydrogens (tertiary/aromatic N) is 3. The van der Waals surface area contributed by atoms with E-state index in [1.807, 2.05) is 27.7 Å². The van der Waals surface area contributed by atoms with E-state index in [4.69, 9.17) is 5.11 Å². The SMILES string of the molecule is CC(C)CN(CC(C)C)S(=O)(=O)c1cnn(CC(=O)O)c1. The molecule has 7 nitrogen and oxygen atoms in total. The zero-order chi connectivity index (χ0) is 16.2. The third kappa shape index (κ3) is 5.13. The van der Waals surface area contributed by atoms with Gasteiger partial charge in [-0.2, -0.15) is 9.40 Å². The van der Waals surface area contributed by atoms with E-state index in [2.05, 4.69) is 5.10 Å². The Morgan fingerprint density at radius 3 is 2.24 bits per heavy atom. The Balaban J connectivity index is 3.04. The predicted octanol–water partition coefficient (Wildman–Crippen LogP) is 1.27. The fraction of sp³-hybridized carbons (Fsp3) is 0.692. The highest BCUT2D eigenvalue weighted by Gasteiger charge is 2.27. The molecule has 0 saturated carbocycles. The Morgan fingerprint density at radius 2 is 1.81 bits per heavy atom. The first-order valence-corrected chi connectivity index (χ1v) is 8.31. The highest BCUT2D eigenvalue weighted by atomic mass is 32.2. The van der Waals surface area contributed by atoms with Crippen LogP contribution < -0.4 is 0 Å². The maximum atomic E-state index is 12.6. The van der Waals surface area contributed by atoms with E-state index in [-0.39, 0.29) is 23.3 Å². The molecule has 0 aliphatic heterocycles. The van der Waals surface area contributed by atoms with Crippen LogP contribution >= 0.6 is 0 Å². The van der Waals surface area contributed by atoms with Gasteiger partial charge in [0.05, 0.1) is 6.20 Å². The van der Waals surface area contributed by atoms with Gasteiger partial charge in [0.2, 0.25) is 10.0 Å². The van der Waals surface area contributed by atoms with Crippen LogP contribution in [0.2, 0.25) is 0 Å². The van der Waals surface area contributed by atoms with Gasteiger partial charge in [-0.05, 0) is 11.8 Å². The van der Waals surface area contributed by atoms with E-state index in [1.165, 1.54) is 16.7 Å².